The Kier molecular flexibility index (Phi) is 8.97. The lowest BCUT2D eigenvalue weighted by Gasteiger charge is -2.32. The third-order valence-electron chi connectivity index (χ3n) is 10.2. The lowest BCUT2D eigenvalue weighted by atomic mass is 9.63. The summed E-state index contributed by atoms with van der Waals surface area (Å²) in [5, 5.41) is 0. The Balaban J connectivity index is 0.000000162. The topological polar surface area (TPSA) is 54.5 Å². The molecule has 0 saturated carbocycles. The van der Waals surface area contributed by atoms with Gasteiger partial charge < -0.3 is 27.6 Å². The molecule has 8 rings (SSSR count). The molecule has 2 aromatic heterocycles. The molecule has 0 unspecified atom stereocenters. The van der Waals surface area contributed by atoms with Crippen molar-refractivity contribution < 1.29 is 27.6 Å². The number of imidazole rings is 2. The van der Waals surface area contributed by atoms with Crippen LogP contribution in [0.2, 0.25) is 0 Å². The zero-order valence-electron chi connectivity index (χ0n) is 31.7. The molecular formula is C42H50B2N4O4. The van der Waals surface area contributed by atoms with Gasteiger partial charge in [0.25, 0.3) is 0 Å². The van der Waals surface area contributed by atoms with E-state index < -0.39 is 13.4 Å². The van der Waals surface area contributed by atoms with Crippen LogP contribution < -0.4 is 38.5 Å². The van der Waals surface area contributed by atoms with Crippen molar-refractivity contribution in [2.45, 2.75) is 79.3 Å². The molecule has 2 aliphatic heterocycles. The number of rotatable bonds is 6. The van der Waals surface area contributed by atoms with Gasteiger partial charge in [-0.1, -0.05) is 125 Å². The van der Waals surface area contributed by atoms with E-state index in [1.165, 1.54) is 11.1 Å². The molecule has 0 saturated heterocycles. The molecule has 0 atom stereocenters. The highest BCUT2D eigenvalue weighted by atomic mass is 16.7. The van der Waals surface area contributed by atoms with E-state index in [-0.39, 0.29) is 10.8 Å². The van der Waals surface area contributed by atoms with E-state index in [2.05, 4.69) is 122 Å². The van der Waals surface area contributed by atoms with Crippen LogP contribution in [0.15, 0.2) is 135 Å². The number of fused-ring (bicyclic) bond motifs is 2. The molecule has 0 aliphatic carbocycles. The second-order valence-corrected chi connectivity index (χ2v) is 15.8. The third-order valence-corrected chi connectivity index (χ3v) is 10.2. The fourth-order valence-corrected chi connectivity index (χ4v) is 6.94. The molecule has 0 N–H and O–H groups in total. The molecule has 4 heterocycles. The minimum atomic E-state index is -1.86. The molecule has 0 bridgehead atoms. The smallest absolute Gasteiger partial charge is 0.591 e. The van der Waals surface area contributed by atoms with Gasteiger partial charge in [0, 0.05) is 0 Å². The fourth-order valence-electron chi connectivity index (χ4n) is 6.94. The largest absolute Gasteiger partial charge is 0.639 e. The zero-order valence-corrected chi connectivity index (χ0v) is 31.7. The molecule has 0 radical (unpaired) electrons. The summed E-state index contributed by atoms with van der Waals surface area (Å²) in [4.78, 5) is 0. The highest BCUT2D eigenvalue weighted by Gasteiger charge is 2.49. The fraction of sp³-hybridized carbons (Fsp3) is 0.286. The number of aromatic nitrogens is 4. The molecule has 10 heteroatoms. The molecule has 52 heavy (non-hydrogen) atoms. The summed E-state index contributed by atoms with van der Waals surface area (Å²) in [7, 11) is 0. The van der Waals surface area contributed by atoms with Crippen LogP contribution in [0.25, 0.3) is 0 Å². The Morgan fingerprint density at radius 1 is 0.481 bits per heavy atom. The van der Waals surface area contributed by atoms with E-state index in [4.69, 9.17) is 18.6 Å². The molecule has 0 fully saturated rings. The number of nitrogens with zero attached hydrogens (tertiary/aromatic N) is 4. The van der Waals surface area contributed by atoms with Crippen molar-refractivity contribution in [1.82, 2.24) is 9.13 Å². The normalized spacial score (nSPS) is 15.2. The summed E-state index contributed by atoms with van der Waals surface area (Å²) in [5.74, 6) is 3.13. The van der Waals surface area contributed by atoms with Crippen LogP contribution in [0, 0.1) is 0 Å². The summed E-state index contributed by atoms with van der Waals surface area (Å²) in [6.07, 6.45) is 12.2. The third kappa shape index (κ3) is 6.47. The van der Waals surface area contributed by atoms with Crippen molar-refractivity contribution >= 4 is 24.3 Å². The van der Waals surface area contributed by atoms with Crippen LogP contribution in [0.4, 0.5) is 0 Å². The van der Waals surface area contributed by atoms with E-state index in [1.807, 2.05) is 86.0 Å². The Labute approximate surface area is 308 Å². The summed E-state index contributed by atoms with van der Waals surface area (Å²) in [6.45, 7) is 15.6. The first kappa shape index (κ1) is 35.1. The van der Waals surface area contributed by atoms with E-state index >= 15 is 0 Å². The molecule has 268 valence electrons. The van der Waals surface area contributed by atoms with Crippen molar-refractivity contribution in [2.24, 2.45) is 0 Å². The van der Waals surface area contributed by atoms with E-state index in [0.29, 0.717) is 0 Å². The molecule has 4 aromatic carbocycles. The Hall–Kier alpha value is -5.37. The number of aryl methyl sites for hydroxylation is 2. The predicted octanol–water partition coefficient (Wildman–Crippen LogP) is 6.52. The van der Waals surface area contributed by atoms with Crippen LogP contribution in [0.3, 0.4) is 0 Å². The molecule has 6 aromatic rings. The number of benzene rings is 4. The quantitative estimate of drug-likeness (QED) is 0.186. The molecule has 8 nitrogen and oxygen atoms in total. The maximum absolute atomic E-state index is 6.44. The van der Waals surface area contributed by atoms with E-state index in [0.717, 1.165) is 47.0 Å². The SMILES string of the molecule is CCn1cc[n+]([B-]2(c3ccc(C(C)(C)C)cc3)Oc3ccccc3O2)c1.CCn1cc[n+]([B-]2(c3ccc(C(C)(C)C)cc3)Oc3ccccc3O2)c1. The highest BCUT2D eigenvalue weighted by molar-refractivity contribution is 6.76. The summed E-state index contributed by atoms with van der Waals surface area (Å²) in [6, 6.07) is 32.9. The Bertz CT molecular complexity index is 1960. The van der Waals surface area contributed by atoms with Crippen LogP contribution in [0.1, 0.15) is 66.5 Å². The summed E-state index contributed by atoms with van der Waals surface area (Å²) in [5.41, 5.74) is 4.84. The van der Waals surface area contributed by atoms with Gasteiger partial charge >= 0.3 is 13.4 Å². The minimum absolute atomic E-state index is 0.109. The van der Waals surface area contributed by atoms with Gasteiger partial charge in [-0.2, -0.15) is 0 Å². The Morgan fingerprint density at radius 2 is 0.788 bits per heavy atom. The number of hydrogen-bond donors (Lipinski definition) is 0. The second kappa shape index (κ2) is 13.3. The van der Waals surface area contributed by atoms with Crippen molar-refractivity contribution in [3.63, 3.8) is 0 Å². The van der Waals surface area contributed by atoms with Crippen LogP contribution >= 0.6 is 0 Å². The van der Waals surface area contributed by atoms with Crippen LogP contribution in [-0.4, -0.2) is 22.5 Å². The van der Waals surface area contributed by atoms with Crippen molar-refractivity contribution in [3.8, 4) is 23.0 Å². The lowest BCUT2D eigenvalue weighted by molar-refractivity contribution is -0.565. The van der Waals surface area contributed by atoms with Crippen LogP contribution in [-0.2, 0) is 23.9 Å². The van der Waals surface area contributed by atoms with E-state index in [9.17, 15) is 0 Å². The highest BCUT2D eigenvalue weighted by Crippen LogP contribution is 2.37. The maximum atomic E-state index is 6.44. The summed E-state index contributed by atoms with van der Waals surface area (Å²) < 4.78 is 34.1. The van der Waals surface area contributed by atoms with Gasteiger partial charge in [0.15, 0.2) is 0 Å². The van der Waals surface area contributed by atoms with Gasteiger partial charge in [0.2, 0.25) is 12.7 Å². The van der Waals surface area contributed by atoms with Gasteiger partial charge in [-0.05, 0) is 60.1 Å². The maximum Gasteiger partial charge on any atom is 0.591 e. The van der Waals surface area contributed by atoms with Gasteiger partial charge in [-0.3, -0.25) is 0 Å². The monoisotopic (exact) mass is 696 g/mol. The summed E-state index contributed by atoms with van der Waals surface area (Å²) >= 11 is 0. The van der Waals surface area contributed by atoms with Gasteiger partial charge in [0.05, 0.1) is 25.5 Å². The lowest BCUT2D eigenvalue weighted by Crippen LogP contribution is -2.77. The first-order chi connectivity index (χ1) is 24.8. The first-order valence-corrected chi connectivity index (χ1v) is 18.4. The average molecular weight is 697 g/mol. The van der Waals surface area contributed by atoms with Crippen molar-refractivity contribution in [1.29, 1.82) is 0 Å². The second-order valence-electron chi connectivity index (χ2n) is 15.8. The molecular weight excluding hydrogens is 646 g/mol. The van der Waals surface area contributed by atoms with Crippen molar-refractivity contribution in [2.75, 3.05) is 0 Å². The number of para-hydroxylation sites is 4. The molecule has 2 aliphatic rings. The average Bonchev–Trinajstić information content (AvgIpc) is 3.95. The first-order valence-electron chi connectivity index (χ1n) is 18.4. The minimum Gasteiger partial charge on any atom is -0.639 e. The predicted molar refractivity (Wildman–Crippen MR) is 208 cm³/mol. The van der Waals surface area contributed by atoms with Gasteiger partial charge in [-0.15, -0.1) is 0 Å². The zero-order chi connectivity index (χ0) is 36.7. The Morgan fingerprint density at radius 3 is 1.04 bits per heavy atom. The van der Waals surface area contributed by atoms with Gasteiger partial charge in [0.1, 0.15) is 35.4 Å². The standard InChI is InChI=1S/2C21H25BN2O2/c2*1-5-23-14-15-24(16-23)22(25-19-8-6-7-9-20(19)26-22)18-12-10-17(11-13-18)21(2,3)4/h2*6-16H,5H2,1-4H3. The van der Waals surface area contributed by atoms with Crippen LogP contribution in [0.5, 0.6) is 23.0 Å². The molecule has 0 amide bonds. The number of hydrogen-bond acceptors (Lipinski definition) is 4. The van der Waals surface area contributed by atoms with Gasteiger partial charge in [-0.25, -0.2) is 9.13 Å². The van der Waals surface area contributed by atoms with Crippen molar-refractivity contribution in [3.05, 3.63) is 146 Å². The molecule has 0 spiro atoms. The van der Waals surface area contributed by atoms with E-state index in [1.54, 1.807) is 0 Å².